The SMILES string of the molecule is CC(CNC(=O)C(N)CCc1ccccc1)N(C)C1CC1. The van der Waals surface area contributed by atoms with Crippen molar-refractivity contribution in [1.29, 1.82) is 0 Å². The summed E-state index contributed by atoms with van der Waals surface area (Å²) in [4.78, 5) is 14.4. The average molecular weight is 289 g/mol. The number of nitrogens with two attached hydrogens (primary N) is 1. The Hall–Kier alpha value is -1.39. The van der Waals surface area contributed by atoms with E-state index in [2.05, 4.69) is 36.3 Å². The molecule has 1 saturated carbocycles. The largest absolute Gasteiger partial charge is 0.353 e. The lowest BCUT2D eigenvalue weighted by Gasteiger charge is -2.25. The summed E-state index contributed by atoms with van der Waals surface area (Å²) in [7, 11) is 2.13. The first-order valence-corrected chi connectivity index (χ1v) is 7.87. The minimum Gasteiger partial charge on any atom is -0.353 e. The predicted octanol–water partition coefficient (Wildman–Crippen LogP) is 1.55. The summed E-state index contributed by atoms with van der Waals surface area (Å²) < 4.78 is 0. The summed E-state index contributed by atoms with van der Waals surface area (Å²) in [5.74, 6) is -0.0398. The van der Waals surface area contributed by atoms with Crippen LogP contribution in [0.25, 0.3) is 0 Å². The van der Waals surface area contributed by atoms with Crippen LogP contribution >= 0.6 is 0 Å². The molecular weight excluding hydrogens is 262 g/mol. The summed E-state index contributed by atoms with van der Waals surface area (Å²) in [6.07, 6.45) is 4.09. The van der Waals surface area contributed by atoms with Crippen LogP contribution in [0.15, 0.2) is 30.3 Å². The molecule has 1 amide bonds. The number of rotatable bonds is 8. The molecule has 3 N–H and O–H groups in total. The van der Waals surface area contributed by atoms with Gasteiger partial charge in [-0.3, -0.25) is 9.69 Å². The summed E-state index contributed by atoms with van der Waals surface area (Å²) in [5.41, 5.74) is 7.20. The second kappa shape index (κ2) is 7.57. The zero-order valence-corrected chi connectivity index (χ0v) is 13.1. The van der Waals surface area contributed by atoms with Crippen molar-refractivity contribution in [2.75, 3.05) is 13.6 Å². The average Bonchev–Trinajstić information content (AvgIpc) is 3.34. The van der Waals surface area contributed by atoms with E-state index in [0.717, 1.165) is 6.42 Å². The smallest absolute Gasteiger partial charge is 0.236 e. The summed E-state index contributed by atoms with van der Waals surface area (Å²) in [5, 5.41) is 2.98. The molecule has 0 saturated heterocycles. The summed E-state index contributed by atoms with van der Waals surface area (Å²) in [6, 6.07) is 10.8. The van der Waals surface area contributed by atoms with E-state index in [1.165, 1.54) is 18.4 Å². The van der Waals surface area contributed by atoms with Crippen LogP contribution in [0.1, 0.15) is 31.7 Å². The Morgan fingerprint density at radius 2 is 2.05 bits per heavy atom. The Balaban J connectivity index is 1.67. The van der Waals surface area contributed by atoms with Crippen molar-refractivity contribution in [3.63, 3.8) is 0 Å². The van der Waals surface area contributed by atoms with Gasteiger partial charge >= 0.3 is 0 Å². The number of benzene rings is 1. The molecule has 4 nitrogen and oxygen atoms in total. The number of nitrogens with zero attached hydrogens (tertiary/aromatic N) is 1. The quantitative estimate of drug-likeness (QED) is 0.763. The zero-order chi connectivity index (χ0) is 15.2. The monoisotopic (exact) mass is 289 g/mol. The van der Waals surface area contributed by atoms with Crippen LogP contribution in [0, 0.1) is 0 Å². The molecule has 1 aromatic rings. The molecule has 2 atom stereocenters. The van der Waals surface area contributed by atoms with E-state index in [1.54, 1.807) is 0 Å². The van der Waals surface area contributed by atoms with Gasteiger partial charge in [-0.25, -0.2) is 0 Å². The first-order valence-electron chi connectivity index (χ1n) is 7.87. The van der Waals surface area contributed by atoms with Gasteiger partial charge in [-0.15, -0.1) is 0 Å². The van der Waals surface area contributed by atoms with Gasteiger partial charge in [0, 0.05) is 18.6 Å². The summed E-state index contributed by atoms with van der Waals surface area (Å²) >= 11 is 0. The highest BCUT2D eigenvalue weighted by atomic mass is 16.2. The molecule has 1 fully saturated rings. The van der Waals surface area contributed by atoms with E-state index >= 15 is 0 Å². The zero-order valence-electron chi connectivity index (χ0n) is 13.1. The molecular formula is C17H27N3O. The molecule has 1 aliphatic rings. The fourth-order valence-corrected chi connectivity index (χ4v) is 2.46. The van der Waals surface area contributed by atoms with Gasteiger partial charge in [0.05, 0.1) is 6.04 Å². The van der Waals surface area contributed by atoms with Crippen LogP contribution in [0.2, 0.25) is 0 Å². The Morgan fingerprint density at radius 3 is 2.67 bits per heavy atom. The Morgan fingerprint density at radius 1 is 1.38 bits per heavy atom. The van der Waals surface area contributed by atoms with Gasteiger partial charge in [-0.1, -0.05) is 30.3 Å². The normalized spacial score (nSPS) is 17.5. The molecule has 2 rings (SSSR count). The lowest BCUT2D eigenvalue weighted by molar-refractivity contribution is -0.122. The molecule has 0 aromatic heterocycles. The molecule has 2 unspecified atom stereocenters. The number of hydrogen-bond donors (Lipinski definition) is 2. The highest BCUT2D eigenvalue weighted by molar-refractivity contribution is 5.81. The van der Waals surface area contributed by atoms with Crippen molar-refractivity contribution in [3.05, 3.63) is 35.9 Å². The Kier molecular flexibility index (Phi) is 5.76. The van der Waals surface area contributed by atoms with Crippen LogP contribution in [0.5, 0.6) is 0 Å². The highest BCUT2D eigenvalue weighted by Crippen LogP contribution is 2.26. The van der Waals surface area contributed by atoms with Gasteiger partial charge < -0.3 is 11.1 Å². The fourth-order valence-electron chi connectivity index (χ4n) is 2.46. The Bertz CT molecular complexity index is 445. The van der Waals surface area contributed by atoms with E-state index in [0.29, 0.717) is 25.0 Å². The maximum atomic E-state index is 12.0. The van der Waals surface area contributed by atoms with Crippen LogP contribution in [-0.2, 0) is 11.2 Å². The van der Waals surface area contributed by atoms with Crippen molar-refractivity contribution in [2.24, 2.45) is 5.73 Å². The van der Waals surface area contributed by atoms with Gasteiger partial charge in [0.15, 0.2) is 0 Å². The minimum atomic E-state index is -0.427. The Labute approximate surface area is 127 Å². The van der Waals surface area contributed by atoms with Crippen LogP contribution in [-0.4, -0.2) is 42.5 Å². The third-order valence-corrected chi connectivity index (χ3v) is 4.31. The number of carbonyl (C=O) groups excluding carboxylic acids is 1. The lowest BCUT2D eigenvalue weighted by Crippen LogP contribution is -2.46. The first kappa shape index (κ1) is 16.0. The third kappa shape index (κ3) is 5.14. The fraction of sp³-hybridized carbons (Fsp3) is 0.588. The first-order chi connectivity index (χ1) is 10.1. The van der Waals surface area contributed by atoms with E-state index in [4.69, 9.17) is 5.73 Å². The predicted molar refractivity (Wildman–Crippen MR) is 86.0 cm³/mol. The molecule has 0 bridgehead atoms. The number of likely N-dealkylation sites (N-methyl/N-ethyl adjacent to an activating group) is 1. The number of aryl methyl sites for hydroxylation is 1. The van der Waals surface area contributed by atoms with E-state index in [1.807, 2.05) is 18.2 Å². The standard InChI is InChI=1S/C17H27N3O/c1-13(20(2)15-9-10-15)12-19-17(21)16(18)11-8-14-6-4-3-5-7-14/h3-7,13,15-16H,8-12,18H2,1-2H3,(H,19,21). The van der Waals surface area contributed by atoms with Crippen LogP contribution in [0.4, 0.5) is 0 Å². The number of amides is 1. The maximum Gasteiger partial charge on any atom is 0.236 e. The third-order valence-electron chi connectivity index (χ3n) is 4.31. The summed E-state index contributed by atoms with van der Waals surface area (Å²) in [6.45, 7) is 2.82. The van der Waals surface area contributed by atoms with Crippen molar-refractivity contribution >= 4 is 5.91 Å². The molecule has 116 valence electrons. The molecule has 0 heterocycles. The van der Waals surface area contributed by atoms with Crippen molar-refractivity contribution < 1.29 is 4.79 Å². The highest BCUT2D eigenvalue weighted by Gasteiger charge is 2.29. The van der Waals surface area contributed by atoms with Gasteiger partial charge in [-0.2, -0.15) is 0 Å². The van der Waals surface area contributed by atoms with Crippen LogP contribution < -0.4 is 11.1 Å². The minimum absolute atomic E-state index is 0.0398. The molecule has 0 radical (unpaired) electrons. The van der Waals surface area contributed by atoms with Gasteiger partial charge in [0.25, 0.3) is 0 Å². The van der Waals surface area contributed by atoms with Crippen molar-refractivity contribution in [2.45, 2.75) is 50.7 Å². The maximum absolute atomic E-state index is 12.0. The van der Waals surface area contributed by atoms with E-state index in [9.17, 15) is 4.79 Å². The molecule has 0 aliphatic heterocycles. The second-order valence-electron chi connectivity index (χ2n) is 6.12. The topological polar surface area (TPSA) is 58.4 Å². The number of hydrogen-bond acceptors (Lipinski definition) is 3. The second-order valence-corrected chi connectivity index (χ2v) is 6.12. The van der Waals surface area contributed by atoms with Gasteiger partial charge in [-0.05, 0) is 45.2 Å². The van der Waals surface area contributed by atoms with E-state index < -0.39 is 6.04 Å². The van der Waals surface area contributed by atoms with Crippen molar-refractivity contribution in [3.8, 4) is 0 Å². The lowest BCUT2D eigenvalue weighted by atomic mass is 10.1. The molecule has 4 heteroatoms. The number of nitrogens with one attached hydrogen (secondary N) is 1. The molecule has 1 aromatic carbocycles. The molecule has 21 heavy (non-hydrogen) atoms. The van der Waals surface area contributed by atoms with Gasteiger partial charge in [0.2, 0.25) is 5.91 Å². The number of carbonyl (C=O) groups is 1. The molecule has 0 spiro atoms. The van der Waals surface area contributed by atoms with Crippen LogP contribution in [0.3, 0.4) is 0 Å². The van der Waals surface area contributed by atoms with E-state index in [-0.39, 0.29) is 5.91 Å². The van der Waals surface area contributed by atoms with Gasteiger partial charge in [0.1, 0.15) is 0 Å². The van der Waals surface area contributed by atoms with Crippen molar-refractivity contribution in [1.82, 2.24) is 10.2 Å². The molecule has 1 aliphatic carbocycles.